The van der Waals surface area contributed by atoms with Crippen molar-refractivity contribution in [3.8, 4) is 0 Å². The minimum Gasteiger partial charge on any atom is -0.478 e. The van der Waals surface area contributed by atoms with Crippen molar-refractivity contribution < 1.29 is 22.7 Å². The van der Waals surface area contributed by atoms with Crippen LogP contribution in [0.4, 0.5) is 10.1 Å². The van der Waals surface area contributed by atoms with Crippen LogP contribution < -0.4 is 4.72 Å². The molecule has 8 heteroatoms. The molecule has 0 spiro atoms. The summed E-state index contributed by atoms with van der Waals surface area (Å²) in [6.07, 6.45) is 2.16. The van der Waals surface area contributed by atoms with Crippen LogP contribution in [0.15, 0.2) is 29.8 Å². The van der Waals surface area contributed by atoms with Crippen LogP contribution in [0, 0.1) is 5.82 Å². The first-order valence-electron chi connectivity index (χ1n) is 6.18. The number of anilines is 1. The molecule has 1 aromatic carbocycles. The predicted molar refractivity (Wildman–Crippen MR) is 77.3 cm³/mol. The molecule has 0 fully saturated rings. The second-order valence-electron chi connectivity index (χ2n) is 4.71. The highest BCUT2D eigenvalue weighted by Gasteiger charge is 2.30. The van der Waals surface area contributed by atoms with Crippen molar-refractivity contribution in [2.24, 2.45) is 0 Å². The topological polar surface area (TPSA) is 83.5 Å². The Morgan fingerprint density at radius 1 is 1.43 bits per heavy atom. The van der Waals surface area contributed by atoms with Crippen LogP contribution in [0.3, 0.4) is 0 Å². The smallest absolute Gasteiger partial charge is 0.331 e. The van der Waals surface area contributed by atoms with Crippen molar-refractivity contribution in [1.29, 1.82) is 0 Å². The van der Waals surface area contributed by atoms with E-state index in [0.717, 1.165) is 12.1 Å². The number of rotatable bonds is 4. The minimum atomic E-state index is -3.80. The third kappa shape index (κ3) is 3.74. The summed E-state index contributed by atoms with van der Waals surface area (Å²) in [6, 6.07) is 3.32. The molecule has 0 radical (unpaired) electrons. The summed E-state index contributed by atoms with van der Waals surface area (Å²) in [5.41, 5.74) is 0.159. The fourth-order valence-corrected chi connectivity index (χ4v) is 3.89. The van der Waals surface area contributed by atoms with Gasteiger partial charge in [0.1, 0.15) is 5.82 Å². The van der Waals surface area contributed by atoms with Gasteiger partial charge in [-0.05, 0) is 37.5 Å². The number of carbonyl (C=O) groups is 1. The molecule has 0 saturated carbocycles. The van der Waals surface area contributed by atoms with Crippen LogP contribution in [0.1, 0.15) is 19.3 Å². The van der Waals surface area contributed by atoms with Gasteiger partial charge in [-0.2, -0.15) is 0 Å². The van der Waals surface area contributed by atoms with Gasteiger partial charge >= 0.3 is 5.97 Å². The Hall–Kier alpha value is -1.60. The summed E-state index contributed by atoms with van der Waals surface area (Å²) >= 11 is 5.78. The molecular weight excluding hydrogens is 321 g/mol. The van der Waals surface area contributed by atoms with Gasteiger partial charge in [0.15, 0.2) is 0 Å². The number of hydrogen-bond donors (Lipinski definition) is 2. The van der Waals surface area contributed by atoms with Crippen molar-refractivity contribution in [3.63, 3.8) is 0 Å². The fourth-order valence-electron chi connectivity index (χ4n) is 2.12. The normalized spacial score (nSPS) is 19.0. The maximum atomic E-state index is 12.9. The average Bonchev–Trinajstić information content (AvgIpc) is 2.42. The van der Waals surface area contributed by atoms with Gasteiger partial charge in [-0.3, -0.25) is 4.72 Å². The fraction of sp³-hybridized carbons (Fsp3) is 0.308. The second kappa shape index (κ2) is 6.03. The first-order valence-corrected chi connectivity index (χ1v) is 8.11. The molecule has 0 amide bonds. The maximum absolute atomic E-state index is 12.9. The molecule has 21 heavy (non-hydrogen) atoms. The number of carboxylic acids is 1. The molecule has 0 heterocycles. The van der Waals surface area contributed by atoms with E-state index in [4.69, 9.17) is 16.7 Å². The number of halogens is 2. The quantitative estimate of drug-likeness (QED) is 0.887. The summed E-state index contributed by atoms with van der Waals surface area (Å²) in [5, 5.41) is 8.04. The highest BCUT2D eigenvalue weighted by molar-refractivity contribution is 7.93. The van der Waals surface area contributed by atoms with Gasteiger partial charge in [-0.15, -0.1) is 0 Å². The highest BCUT2D eigenvalue weighted by Crippen LogP contribution is 2.28. The Morgan fingerprint density at radius 3 is 2.76 bits per heavy atom. The van der Waals surface area contributed by atoms with Crippen molar-refractivity contribution >= 4 is 33.3 Å². The van der Waals surface area contributed by atoms with Gasteiger partial charge < -0.3 is 5.11 Å². The molecule has 1 aliphatic rings. The van der Waals surface area contributed by atoms with Crippen LogP contribution in [0.5, 0.6) is 0 Å². The summed E-state index contributed by atoms with van der Waals surface area (Å²) < 4.78 is 39.8. The molecule has 0 aromatic heterocycles. The molecule has 0 bridgehead atoms. The predicted octanol–water partition coefficient (Wildman–Crippen LogP) is 2.78. The number of allylic oxidation sites excluding steroid dienone is 1. The molecule has 2 N–H and O–H groups in total. The number of carboxylic acid groups (broad SMARTS) is 1. The molecule has 2 rings (SSSR count). The van der Waals surface area contributed by atoms with E-state index in [1.165, 1.54) is 12.1 Å². The van der Waals surface area contributed by atoms with E-state index < -0.39 is 27.1 Å². The molecule has 0 saturated heterocycles. The Balaban J connectivity index is 2.19. The second-order valence-corrected chi connectivity index (χ2v) is 7.08. The lowest BCUT2D eigenvalue weighted by Gasteiger charge is -2.22. The lowest BCUT2D eigenvalue weighted by molar-refractivity contribution is -0.132. The van der Waals surface area contributed by atoms with E-state index in [1.54, 1.807) is 0 Å². The largest absolute Gasteiger partial charge is 0.478 e. The molecule has 1 atom stereocenters. The van der Waals surface area contributed by atoms with E-state index in [-0.39, 0.29) is 22.7 Å². The van der Waals surface area contributed by atoms with E-state index >= 15 is 0 Å². The Bertz CT molecular complexity index is 702. The number of nitrogens with one attached hydrogen (secondary N) is 1. The van der Waals surface area contributed by atoms with Crippen molar-refractivity contribution in [3.05, 3.63) is 40.7 Å². The Labute approximate surface area is 126 Å². The van der Waals surface area contributed by atoms with Crippen LogP contribution in [0.25, 0.3) is 0 Å². The molecular formula is C13H13ClFNO4S. The van der Waals surface area contributed by atoms with Crippen LogP contribution in [-0.4, -0.2) is 24.7 Å². The number of aliphatic carboxylic acids is 1. The summed E-state index contributed by atoms with van der Waals surface area (Å²) in [5.74, 6) is -1.69. The number of sulfonamides is 1. The summed E-state index contributed by atoms with van der Waals surface area (Å²) in [6.45, 7) is 0. The zero-order valence-electron chi connectivity index (χ0n) is 10.8. The van der Waals surface area contributed by atoms with E-state index in [0.29, 0.717) is 12.8 Å². The SMILES string of the molecule is O=C(O)C1=CCCC(S(=O)(=O)Nc2ccc(F)cc2Cl)C1. The summed E-state index contributed by atoms with van der Waals surface area (Å²) in [4.78, 5) is 10.9. The molecule has 114 valence electrons. The highest BCUT2D eigenvalue weighted by atomic mass is 35.5. The lowest BCUT2D eigenvalue weighted by atomic mass is 9.99. The Kier molecular flexibility index (Phi) is 4.53. The zero-order chi connectivity index (χ0) is 15.6. The third-order valence-electron chi connectivity index (χ3n) is 3.22. The molecule has 0 aliphatic heterocycles. The van der Waals surface area contributed by atoms with Crippen molar-refractivity contribution in [2.45, 2.75) is 24.5 Å². The first-order chi connectivity index (χ1) is 9.79. The molecule has 1 aliphatic carbocycles. The number of benzene rings is 1. The standard InChI is InChI=1S/C13H13ClFNO4S/c14-11-7-9(15)4-5-12(11)16-21(19,20)10-3-1-2-8(6-10)13(17)18/h2,4-5,7,10,16H,1,3,6H2,(H,17,18). The lowest BCUT2D eigenvalue weighted by Crippen LogP contribution is -2.31. The van der Waals surface area contributed by atoms with Crippen LogP contribution >= 0.6 is 11.6 Å². The average molecular weight is 334 g/mol. The van der Waals surface area contributed by atoms with E-state index in [2.05, 4.69) is 4.72 Å². The van der Waals surface area contributed by atoms with Gasteiger partial charge in [-0.25, -0.2) is 17.6 Å². The van der Waals surface area contributed by atoms with Gasteiger partial charge in [0, 0.05) is 5.57 Å². The van der Waals surface area contributed by atoms with Gasteiger partial charge in [-0.1, -0.05) is 17.7 Å². The maximum Gasteiger partial charge on any atom is 0.331 e. The molecule has 1 aromatic rings. The molecule has 1 unspecified atom stereocenters. The zero-order valence-corrected chi connectivity index (χ0v) is 12.4. The van der Waals surface area contributed by atoms with Crippen LogP contribution in [-0.2, 0) is 14.8 Å². The third-order valence-corrected chi connectivity index (χ3v) is 5.32. The first kappa shape index (κ1) is 15.8. The van der Waals surface area contributed by atoms with E-state index in [9.17, 15) is 17.6 Å². The number of hydrogen-bond acceptors (Lipinski definition) is 3. The summed E-state index contributed by atoms with van der Waals surface area (Å²) in [7, 11) is -3.80. The van der Waals surface area contributed by atoms with E-state index in [1.807, 2.05) is 0 Å². The minimum absolute atomic E-state index is 0.0524. The van der Waals surface area contributed by atoms with Gasteiger partial charge in [0.2, 0.25) is 10.0 Å². The Morgan fingerprint density at radius 2 is 2.14 bits per heavy atom. The van der Waals surface area contributed by atoms with Gasteiger partial charge in [0.05, 0.1) is 16.0 Å². The monoisotopic (exact) mass is 333 g/mol. The van der Waals surface area contributed by atoms with Crippen molar-refractivity contribution in [1.82, 2.24) is 0 Å². The molecule has 5 nitrogen and oxygen atoms in total. The van der Waals surface area contributed by atoms with Gasteiger partial charge in [0.25, 0.3) is 0 Å². The van der Waals surface area contributed by atoms with Crippen LogP contribution in [0.2, 0.25) is 5.02 Å². The van der Waals surface area contributed by atoms with Crippen molar-refractivity contribution in [2.75, 3.05) is 4.72 Å².